The fraction of sp³-hybridized carbons (Fsp3) is 0.350. The van der Waals surface area contributed by atoms with Crippen molar-refractivity contribution >= 4 is 11.2 Å². The molecule has 0 spiro atoms. The number of benzene rings is 1. The summed E-state index contributed by atoms with van der Waals surface area (Å²) >= 11 is 0. The number of unbranched alkanes of at least 4 members (excludes halogenated alkanes) is 1. The van der Waals surface area contributed by atoms with Crippen molar-refractivity contribution in [2.45, 2.75) is 32.9 Å². The Kier molecular flexibility index (Phi) is 5.90. The second-order valence-electron chi connectivity index (χ2n) is 6.18. The summed E-state index contributed by atoms with van der Waals surface area (Å²) in [6, 6.07) is 7.90. The van der Waals surface area contributed by atoms with E-state index < -0.39 is 0 Å². The van der Waals surface area contributed by atoms with Crippen molar-refractivity contribution in [3.8, 4) is 11.8 Å². The van der Waals surface area contributed by atoms with E-state index in [2.05, 4.69) is 23.5 Å². The Morgan fingerprint density at radius 1 is 1.22 bits per heavy atom. The largest absolute Gasteiger partial charge is 0.497 e. The lowest BCUT2D eigenvalue weighted by molar-refractivity contribution is 0.286. The van der Waals surface area contributed by atoms with Crippen LogP contribution in [0.15, 0.2) is 47.9 Å². The maximum absolute atomic E-state index is 12.9. The molecule has 0 aliphatic carbocycles. The average molecular weight is 368 g/mol. The fourth-order valence-corrected chi connectivity index (χ4v) is 2.82. The van der Waals surface area contributed by atoms with Gasteiger partial charge in [0.1, 0.15) is 11.3 Å². The van der Waals surface area contributed by atoms with E-state index in [1.165, 1.54) is 0 Å². The normalized spacial score (nSPS) is 10.9. The quantitative estimate of drug-likeness (QED) is 0.429. The number of hydrogen-bond acceptors (Lipinski definition) is 5. The van der Waals surface area contributed by atoms with E-state index in [0.29, 0.717) is 30.9 Å². The van der Waals surface area contributed by atoms with Gasteiger partial charge in [-0.15, -0.1) is 6.58 Å². The highest BCUT2D eigenvalue weighted by atomic mass is 16.5. The molecule has 3 aromatic rings. The van der Waals surface area contributed by atoms with E-state index in [-0.39, 0.29) is 11.7 Å². The molecule has 0 saturated carbocycles. The van der Waals surface area contributed by atoms with Gasteiger partial charge in [0, 0.05) is 6.54 Å². The molecule has 1 aromatic carbocycles. The van der Waals surface area contributed by atoms with E-state index in [0.717, 1.165) is 24.2 Å². The van der Waals surface area contributed by atoms with Crippen LogP contribution >= 0.6 is 0 Å². The smallest absolute Gasteiger partial charge is 0.330 e. The van der Waals surface area contributed by atoms with Crippen molar-refractivity contribution in [3.63, 3.8) is 0 Å². The molecule has 0 fully saturated rings. The number of imidazole rings is 1. The topological polar surface area (TPSA) is 71.2 Å². The number of ether oxygens (including phenoxy) is 2. The summed E-state index contributed by atoms with van der Waals surface area (Å²) in [6.07, 6.45) is 5.28. The Morgan fingerprint density at radius 3 is 2.67 bits per heavy atom. The van der Waals surface area contributed by atoms with Gasteiger partial charge in [-0.2, -0.15) is 4.98 Å². The summed E-state index contributed by atoms with van der Waals surface area (Å²) in [5.74, 6) is 0.772. The molecule has 0 radical (unpaired) electrons. The Hall–Kier alpha value is -3.09. The Bertz CT molecular complexity index is 973. The number of rotatable bonds is 9. The summed E-state index contributed by atoms with van der Waals surface area (Å²) in [5.41, 5.74) is 2.04. The minimum absolute atomic E-state index is 0.152. The van der Waals surface area contributed by atoms with Gasteiger partial charge in [0.05, 0.1) is 26.5 Å². The Labute approximate surface area is 157 Å². The van der Waals surface area contributed by atoms with Gasteiger partial charge in [0.15, 0.2) is 5.65 Å². The van der Waals surface area contributed by atoms with Crippen molar-refractivity contribution in [1.82, 2.24) is 19.1 Å². The van der Waals surface area contributed by atoms with Gasteiger partial charge in [-0.1, -0.05) is 31.6 Å². The summed E-state index contributed by atoms with van der Waals surface area (Å²) in [7, 11) is 1.62. The lowest BCUT2D eigenvalue weighted by Gasteiger charge is -2.06. The molecule has 0 unspecified atom stereocenters. The highest BCUT2D eigenvalue weighted by Gasteiger charge is 2.16. The second kappa shape index (κ2) is 8.53. The van der Waals surface area contributed by atoms with Crippen LogP contribution in [0.25, 0.3) is 11.2 Å². The Morgan fingerprint density at radius 2 is 2.00 bits per heavy atom. The molecule has 0 N–H and O–H groups in total. The summed E-state index contributed by atoms with van der Waals surface area (Å²) in [4.78, 5) is 21.7. The third kappa shape index (κ3) is 4.02. The van der Waals surface area contributed by atoms with Crippen molar-refractivity contribution in [1.29, 1.82) is 0 Å². The summed E-state index contributed by atoms with van der Waals surface area (Å²) in [5, 5.41) is 0. The van der Waals surface area contributed by atoms with E-state index in [4.69, 9.17) is 9.47 Å². The summed E-state index contributed by atoms with van der Waals surface area (Å²) in [6.45, 7) is 7.17. The average Bonchev–Trinajstić information content (AvgIpc) is 2.94. The third-order valence-corrected chi connectivity index (χ3v) is 4.28. The number of nitrogens with zero attached hydrogens (tertiary/aromatic N) is 4. The van der Waals surface area contributed by atoms with Crippen molar-refractivity contribution < 1.29 is 9.47 Å². The van der Waals surface area contributed by atoms with Gasteiger partial charge in [0.25, 0.3) is 0 Å². The first kappa shape index (κ1) is 18.7. The first-order valence-corrected chi connectivity index (χ1v) is 9.00. The van der Waals surface area contributed by atoms with Gasteiger partial charge >= 0.3 is 11.7 Å². The third-order valence-electron chi connectivity index (χ3n) is 4.28. The van der Waals surface area contributed by atoms with E-state index in [1.807, 2.05) is 24.3 Å². The number of allylic oxidation sites excluding steroid dienone is 1. The van der Waals surface area contributed by atoms with Crippen LogP contribution in [0.5, 0.6) is 11.8 Å². The first-order chi connectivity index (χ1) is 13.2. The van der Waals surface area contributed by atoms with Crippen molar-refractivity contribution in [2.75, 3.05) is 13.7 Å². The van der Waals surface area contributed by atoms with Gasteiger partial charge in [-0.3, -0.25) is 9.13 Å². The number of aromatic nitrogens is 4. The number of hydrogen-bond donors (Lipinski definition) is 0. The number of methoxy groups -OCH3 is 1. The molecule has 3 rings (SSSR count). The van der Waals surface area contributed by atoms with Crippen molar-refractivity contribution in [2.24, 2.45) is 0 Å². The van der Waals surface area contributed by atoms with Crippen LogP contribution in [0, 0.1) is 0 Å². The fourth-order valence-electron chi connectivity index (χ4n) is 2.82. The van der Waals surface area contributed by atoms with E-state index in [9.17, 15) is 4.79 Å². The lowest BCUT2D eigenvalue weighted by Crippen LogP contribution is -2.24. The molecule has 0 aliphatic heterocycles. The standard InChI is InChI=1S/C20H24N4O3/c1-4-6-12-27-19-21-13-17-18(22-19)24(20(25)23(17)11-5-2)14-15-7-9-16(26-3)10-8-15/h5,7-10,13H,2,4,6,11-12,14H2,1,3H3. The molecular formula is C20H24N4O3. The van der Waals surface area contributed by atoms with E-state index >= 15 is 0 Å². The molecule has 2 aromatic heterocycles. The van der Waals surface area contributed by atoms with Gasteiger partial charge in [-0.05, 0) is 24.1 Å². The molecule has 27 heavy (non-hydrogen) atoms. The molecule has 142 valence electrons. The molecule has 0 bridgehead atoms. The van der Waals surface area contributed by atoms with Crippen LogP contribution < -0.4 is 15.2 Å². The van der Waals surface area contributed by atoms with Gasteiger partial charge in [0.2, 0.25) is 0 Å². The highest BCUT2D eigenvalue weighted by molar-refractivity contribution is 5.71. The zero-order chi connectivity index (χ0) is 19.2. The minimum Gasteiger partial charge on any atom is -0.497 e. The maximum atomic E-state index is 12.9. The molecule has 0 amide bonds. The van der Waals surface area contributed by atoms with Crippen LogP contribution in [-0.2, 0) is 13.1 Å². The Balaban J connectivity index is 2.01. The predicted molar refractivity (Wildman–Crippen MR) is 104 cm³/mol. The molecule has 7 heteroatoms. The molecular weight excluding hydrogens is 344 g/mol. The van der Waals surface area contributed by atoms with Gasteiger partial charge in [-0.25, -0.2) is 9.78 Å². The second-order valence-corrected chi connectivity index (χ2v) is 6.18. The van der Waals surface area contributed by atoms with E-state index in [1.54, 1.807) is 28.5 Å². The molecule has 0 aliphatic rings. The SMILES string of the molecule is C=CCn1c(=O)n(Cc2ccc(OC)cc2)c2nc(OCCCC)ncc21. The molecule has 0 atom stereocenters. The van der Waals surface area contributed by atoms with Crippen LogP contribution in [0.2, 0.25) is 0 Å². The molecule has 7 nitrogen and oxygen atoms in total. The maximum Gasteiger partial charge on any atom is 0.330 e. The molecule has 0 saturated heterocycles. The molecule has 2 heterocycles. The zero-order valence-electron chi connectivity index (χ0n) is 15.7. The van der Waals surface area contributed by atoms with Crippen LogP contribution in [0.1, 0.15) is 25.3 Å². The first-order valence-electron chi connectivity index (χ1n) is 9.00. The predicted octanol–water partition coefficient (Wildman–Crippen LogP) is 3.01. The van der Waals surface area contributed by atoms with Crippen LogP contribution in [-0.4, -0.2) is 32.8 Å². The zero-order valence-corrected chi connectivity index (χ0v) is 15.7. The minimum atomic E-state index is -0.152. The monoisotopic (exact) mass is 368 g/mol. The lowest BCUT2D eigenvalue weighted by atomic mass is 10.2. The summed E-state index contributed by atoms with van der Waals surface area (Å²) < 4.78 is 14.1. The van der Waals surface area contributed by atoms with Crippen molar-refractivity contribution in [3.05, 3.63) is 59.2 Å². The highest BCUT2D eigenvalue weighted by Crippen LogP contribution is 2.17. The van der Waals surface area contributed by atoms with Gasteiger partial charge < -0.3 is 9.47 Å². The van der Waals surface area contributed by atoms with Crippen LogP contribution in [0.3, 0.4) is 0 Å². The number of fused-ring (bicyclic) bond motifs is 1. The van der Waals surface area contributed by atoms with Crippen LogP contribution in [0.4, 0.5) is 0 Å².